The zero-order valence-electron chi connectivity index (χ0n) is 13.7. The van der Waals surface area contributed by atoms with Crippen LogP contribution in [0.3, 0.4) is 0 Å². The highest BCUT2D eigenvalue weighted by Gasteiger charge is 2.23. The normalized spacial score (nSPS) is 16.9. The molecule has 1 fully saturated rings. The minimum atomic E-state index is 0.00424. The summed E-state index contributed by atoms with van der Waals surface area (Å²) < 4.78 is 11.3. The third-order valence-electron chi connectivity index (χ3n) is 4.55. The van der Waals surface area contributed by atoms with Gasteiger partial charge in [0.2, 0.25) is 6.79 Å². The van der Waals surface area contributed by atoms with Gasteiger partial charge in [-0.05, 0) is 29.8 Å². The van der Waals surface area contributed by atoms with Gasteiger partial charge in [-0.15, -0.1) is 0 Å². The summed E-state index contributed by atoms with van der Waals surface area (Å²) in [6, 6.07) is 9.63. The molecule has 1 N–H and O–H groups in total. The van der Waals surface area contributed by atoms with E-state index in [0.717, 1.165) is 31.1 Å². The van der Waals surface area contributed by atoms with Crippen LogP contribution < -0.4 is 9.47 Å². The summed E-state index contributed by atoms with van der Waals surface area (Å²) in [7, 11) is 0. The van der Waals surface area contributed by atoms with Crippen LogP contribution in [0.15, 0.2) is 36.5 Å². The largest absolute Gasteiger partial charge is 0.454 e. The molecule has 0 radical (unpaired) electrons. The first-order chi connectivity index (χ1) is 12.2. The number of pyridine rings is 1. The Morgan fingerprint density at radius 2 is 1.92 bits per heavy atom. The highest BCUT2D eigenvalue weighted by Crippen LogP contribution is 2.32. The molecule has 1 aromatic carbocycles. The highest BCUT2D eigenvalue weighted by molar-refractivity contribution is 7.71. The third kappa shape index (κ3) is 3.38. The first-order valence-electron chi connectivity index (χ1n) is 8.28. The molecule has 1 amide bonds. The number of carbonyl (C=O) groups is 1. The first kappa shape index (κ1) is 16.1. The zero-order chi connectivity index (χ0) is 17.2. The number of amides is 1. The van der Waals surface area contributed by atoms with E-state index in [2.05, 4.69) is 16.0 Å². The number of H-pyrrole nitrogens is 1. The molecule has 3 heterocycles. The Labute approximate surface area is 151 Å². The van der Waals surface area contributed by atoms with Crippen LogP contribution in [0.25, 0.3) is 0 Å². The number of carbonyl (C=O) groups excluding carboxylic acids is 1. The minimum absolute atomic E-state index is 0.00424. The van der Waals surface area contributed by atoms with Crippen molar-refractivity contribution in [3.63, 3.8) is 0 Å². The van der Waals surface area contributed by atoms with Crippen molar-refractivity contribution in [2.75, 3.05) is 33.0 Å². The lowest BCUT2D eigenvalue weighted by Crippen LogP contribution is -2.48. The van der Waals surface area contributed by atoms with Crippen molar-refractivity contribution < 1.29 is 14.3 Å². The molecule has 0 atom stereocenters. The Bertz CT molecular complexity index is 843. The summed E-state index contributed by atoms with van der Waals surface area (Å²) in [4.78, 5) is 19.7. The second kappa shape index (κ2) is 6.85. The van der Waals surface area contributed by atoms with Crippen LogP contribution >= 0.6 is 12.2 Å². The van der Waals surface area contributed by atoms with Crippen LogP contribution in [0.1, 0.15) is 15.9 Å². The quantitative estimate of drug-likeness (QED) is 0.855. The predicted molar refractivity (Wildman–Crippen MR) is 95.4 cm³/mol. The van der Waals surface area contributed by atoms with Gasteiger partial charge >= 0.3 is 0 Å². The van der Waals surface area contributed by atoms with Crippen molar-refractivity contribution >= 4 is 18.1 Å². The van der Waals surface area contributed by atoms with E-state index in [1.807, 2.05) is 17.0 Å². The Morgan fingerprint density at radius 1 is 1.12 bits per heavy atom. The van der Waals surface area contributed by atoms with E-state index >= 15 is 0 Å². The Kier molecular flexibility index (Phi) is 4.42. The molecular formula is C18H19N3O3S. The van der Waals surface area contributed by atoms with Crippen LogP contribution in [0.2, 0.25) is 0 Å². The maximum atomic E-state index is 12.6. The molecule has 0 saturated carbocycles. The molecule has 0 aliphatic carbocycles. The molecule has 0 bridgehead atoms. The van der Waals surface area contributed by atoms with E-state index in [9.17, 15) is 4.79 Å². The van der Waals surface area contributed by atoms with Crippen molar-refractivity contribution in [1.29, 1.82) is 0 Å². The summed E-state index contributed by atoms with van der Waals surface area (Å²) in [5.41, 5.74) is 1.76. The van der Waals surface area contributed by atoms with E-state index in [4.69, 9.17) is 21.7 Å². The monoisotopic (exact) mass is 357 g/mol. The number of nitrogens with zero attached hydrogens (tertiary/aromatic N) is 2. The van der Waals surface area contributed by atoms with Gasteiger partial charge in [0, 0.05) is 38.9 Å². The Hall–Kier alpha value is -2.38. The molecule has 2 aliphatic rings. The number of piperazine rings is 1. The van der Waals surface area contributed by atoms with Gasteiger partial charge in [-0.3, -0.25) is 9.69 Å². The van der Waals surface area contributed by atoms with Gasteiger partial charge in [0.25, 0.3) is 5.91 Å². The molecule has 7 heteroatoms. The van der Waals surface area contributed by atoms with Crippen LogP contribution in [0.5, 0.6) is 11.5 Å². The van der Waals surface area contributed by atoms with Crippen LogP contribution in [0, 0.1) is 4.64 Å². The van der Waals surface area contributed by atoms with Gasteiger partial charge in [-0.1, -0.05) is 18.3 Å². The van der Waals surface area contributed by atoms with E-state index < -0.39 is 0 Å². The van der Waals surface area contributed by atoms with E-state index in [0.29, 0.717) is 30.1 Å². The topological polar surface area (TPSA) is 57.8 Å². The number of aromatic nitrogens is 1. The maximum Gasteiger partial charge on any atom is 0.256 e. The summed E-state index contributed by atoms with van der Waals surface area (Å²) >= 11 is 5.21. The highest BCUT2D eigenvalue weighted by atomic mass is 32.1. The number of rotatable bonds is 3. The fourth-order valence-electron chi connectivity index (χ4n) is 3.17. The van der Waals surface area contributed by atoms with E-state index in [1.54, 1.807) is 18.3 Å². The predicted octanol–water partition coefficient (Wildman–Crippen LogP) is 2.43. The van der Waals surface area contributed by atoms with Crippen LogP contribution in [0.4, 0.5) is 0 Å². The second-order valence-corrected chi connectivity index (χ2v) is 6.58. The number of fused-ring (bicyclic) bond motifs is 1. The van der Waals surface area contributed by atoms with Gasteiger partial charge in [-0.25, -0.2) is 0 Å². The lowest BCUT2D eigenvalue weighted by molar-refractivity contribution is 0.0627. The van der Waals surface area contributed by atoms with Crippen LogP contribution in [-0.2, 0) is 6.54 Å². The number of benzene rings is 1. The molecule has 2 aromatic rings. The number of hydrogen-bond acceptors (Lipinski definition) is 5. The molecule has 130 valence electrons. The number of hydrogen-bond donors (Lipinski definition) is 1. The second-order valence-electron chi connectivity index (χ2n) is 6.17. The van der Waals surface area contributed by atoms with Crippen molar-refractivity contribution in [3.8, 4) is 11.5 Å². The third-order valence-corrected chi connectivity index (χ3v) is 4.89. The first-order valence-corrected chi connectivity index (χ1v) is 8.69. The van der Waals surface area contributed by atoms with Crippen molar-refractivity contribution in [2.45, 2.75) is 6.54 Å². The van der Waals surface area contributed by atoms with Crippen LogP contribution in [-0.4, -0.2) is 53.7 Å². The number of nitrogens with one attached hydrogen (secondary N) is 1. The zero-order valence-corrected chi connectivity index (χ0v) is 14.6. The fourth-order valence-corrected chi connectivity index (χ4v) is 3.39. The summed E-state index contributed by atoms with van der Waals surface area (Å²) in [5.74, 6) is 1.62. The Balaban J connectivity index is 1.36. The molecule has 6 nitrogen and oxygen atoms in total. The Morgan fingerprint density at radius 3 is 2.72 bits per heavy atom. The van der Waals surface area contributed by atoms with Gasteiger partial charge in [0.1, 0.15) is 4.64 Å². The van der Waals surface area contributed by atoms with Gasteiger partial charge in [0.05, 0.1) is 5.56 Å². The summed E-state index contributed by atoms with van der Waals surface area (Å²) in [6.45, 7) is 4.21. The summed E-state index contributed by atoms with van der Waals surface area (Å²) in [6.07, 6.45) is 1.74. The molecule has 25 heavy (non-hydrogen) atoms. The van der Waals surface area contributed by atoms with E-state index in [1.165, 1.54) is 5.56 Å². The number of aromatic amines is 1. The average Bonchev–Trinajstić information content (AvgIpc) is 3.10. The molecular weight excluding hydrogens is 338 g/mol. The maximum absolute atomic E-state index is 12.6. The summed E-state index contributed by atoms with van der Waals surface area (Å²) in [5, 5.41) is 0. The average molecular weight is 357 g/mol. The molecule has 1 aromatic heterocycles. The van der Waals surface area contributed by atoms with Crippen molar-refractivity contribution in [2.24, 2.45) is 0 Å². The minimum Gasteiger partial charge on any atom is -0.454 e. The molecule has 4 rings (SSSR count). The number of ether oxygens (including phenoxy) is 2. The smallest absolute Gasteiger partial charge is 0.256 e. The van der Waals surface area contributed by atoms with Gasteiger partial charge in [0.15, 0.2) is 11.5 Å². The lowest BCUT2D eigenvalue weighted by Gasteiger charge is -2.34. The molecule has 0 unspecified atom stereocenters. The SMILES string of the molecule is O=C(c1ccc[nH]c1=S)N1CCN(Cc2ccc3c(c2)OCO3)CC1. The lowest BCUT2D eigenvalue weighted by atomic mass is 10.1. The van der Waals surface area contributed by atoms with Gasteiger partial charge in [-0.2, -0.15) is 0 Å². The molecule has 0 spiro atoms. The van der Waals surface area contributed by atoms with Gasteiger partial charge < -0.3 is 19.4 Å². The fraction of sp³-hybridized carbons (Fsp3) is 0.333. The standard InChI is InChI=1S/C18H19N3O3S/c22-18(14-2-1-5-19-17(14)25)21-8-6-20(7-9-21)11-13-3-4-15-16(10-13)24-12-23-15/h1-5,10H,6-9,11-12H2,(H,19,25). The van der Waals surface area contributed by atoms with Crippen molar-refractivity contribution in [3.05, 3.63) is 52.3 Å². The molecule has 2 aliphatic heterocycles. The molecule has 1 saturated heterocycles. The van der Waals surface area contributed by atoms with Crippen molar-refractivity contribution in [1.82, 2.24) is 14.8 Å². The van der Waals surface area contributed by atoms with E-state index in [-0.39, 0.29) is 5.91 Å².